The molecule has 7 nitrogen and oxygen atoms in total. The van der Waals surface area contributed by atoms with Gasteiger partial charge in [-0.25, -0.2) is 22.6 Å². The lowest BCUT2D eigenvalue weighted by atomic mass is 10.3. The van der Waals surface area contributed by atoms with Crippen LogP contribution in [-0.4, -0.2) is 30.2 Å². The fourth-order valence-electron chi connectivity index (χ4n) is 1.36. The van der Waals surface area contributed by atoms with Crippen LogP contribution in [0.1, 0.15) is 6.92 Å². The quantitative estimate of drug-likeness (QED) is 0.844. The van der Waals surface area contributed by atoms with E-state index in [9.17, 15) is 12.8 Å². The Balaban J connectivity index is 2.26. The first-order valence-corrected chi connectivity index (χ1v) is 7.73. The molecule has 20 heavy (non-hydrogen) atoms. The van der Waals surface area contributed by atoms with Crippen LogP contribution in [0.15, 0.2) is 27.6 Å². The number of nitrogens with one attached hydrogen (secondary N) is 2. The van der Waals surface area contributed by atoms with E-state index in [2.05, 4.69) is 35.8 Å². The number of nitrogens with zero attached hydrogens (tertiary/aromatic N) is 2. The second kappa shape index (κ2) is 5.75. The Morgan fingerprint density at radius 2 is 2.25 bits per heavy atom. The number of sulfonamides is 1. The van der Waals surface area contributed by atoms with Crippen LogP contribution in [0.3, 0.4) is 0 Å². The molecule has 0 aliphatic heterocycles. The highest BCUT2D eigenvalue weighted by Crippen LogP contribution is 2.24. The largest absolute Gasteiger partial charge is 0.463 e. The molecular weight excluding hydrogens is 355 g/mol. The van der Waals surface area contributed by atoms with Crippen LogP contribution in [0.2, 0.25) is 0 Å². The van der Waals surface area contributed by atoms with Crippen LogP contribution < -0.4 is 9.46 Å². The second-order valence-electron chi connectivity index (χ2n) is 3.58. The Morgan fingerprint density at radius 1 is 1.50 bits per heavy atom. The van der Waals surface area contributed by atoms with E-state index in [1.54, 1.807) is 6.92 Å². The Hall–Kier alpha value is -1.68. The number of rotatable bonds is 5. The van der Waals surface area contributed by atoms with E-state index in [4.69, 9.17) is 4.74 Å². The molecule has 2 N–H and O–H groups in total. The average Bonchev–Trinajstić information content (AvgIpc) is 2.75. The number of hydrogen-bond donors (Lipinski definition) is 2. The SMILES string of the molecule is CCOc1n[nH]c(NS(=O)(=O)c2ccc(F)cc2Br)n1. The fraction of sp³-hybridized carbons (Fsp3) is 0.200. The summed E-state index contributed by atoms with van der Waals surface area (Å²) in [5.41, 5.74) is 0. The molecule has 0 radical (unpaired) electrons. The molecule has 2 rings (SSSR count). The molecule has 0 unspecified atom stereocenters. The molecule has 0 spiro atoms. The zero-order valence-electron chi connectivity index (χ0n) is 10.2. The van der Waals surface area contributed by atoms with Crippen LogP contribution in [-0.2, 0) is 10.0 Å². The second-order valence-corrected chi connectivity index (χ2v) is 6.09. The third kappa shape index (κ3) is 3.25. The monoisotopic (exact) mass is 364 g/mol. The van der Waals surface area contributed by atoms with E-state index in [1.165, 1.54) is 0 Å². The molecule has 1 aromatic carbocycles. The minimum Gasteiger partial charge on any atom is -0.463 e. The van der Waals surface area contributed by atoms with Crippen LogP contribution in [0.25, 0.3) is 0 Å². The lowest BCUT2D eigenvalue weighted by Gasteiger charge is -2.06. The minimum atomic E-state index is -3.92. The zero-order chi connectivity index (χ0) is 14.8. The van der Waals surface area contributed by atoms with E-state index < -0.39 is 15.8 Å². The van der Waals surface area contributed by atoms with E-state index >= 15 is 0 Å². The van der Waals surface area contributed by atoms with Gasteiger partial charge in [0, 0.05) is 4.47 Å². The van der Waals surface area contributed by atoms with Crippen molar-refractivity contribution in [3.63, 3.8) is 0 Å². The number of hydrogen-bond acceptors (Lipinski definition) is 5. The number of aromatic amines is 1. The van der Waals surface area contributed by atoms with Crippen molar-refractivity contribution in [1.82, 2.24) is 15.2 Å². The summed E-state index contributed by atoms with van der Waals surface area (Å²) in [6, 6.07) is 3.27. The van der Waals surface area contributed by atoms with E-state index in [0.29, 0.717) is 6.61 Å². The number of halogens is 2. The molecule has 0 aliphatic carbocycles. The third-order valence-electron chi connectivity index (χ3n) is 2.15. The minimum absolute atomic E-state index is 0.0309. The molecule has 108 valence electrons. The molecule has 1 heterocycles. The Kier molecular flexibility index (Phi) is 4.23. The van der Waals surface area contributed by atoms with E-state index in [-0.39, 0.29) is 21.3 Å². The number of aromatic nitrogens is 3. The van der Waals surface area contributed by atoms with Gasteiger partial charge >= 0.3 is 6.01 Å². The van der Waals surface area contributed by atoms with Gasteiger partial charge in [0.1, 0.15) is 10.7 Å². The molecule has 1 aromatic heterocycles. The van der Waals surface area contributed by atoms with Crippen molar-refractivity contribution in [3.05, 3.63) is 28.5 Å². The van der Waals surface area contributed by atoms with Crippen LogP contribution in [0, 0.1) is 5.82 Å². The van der Waals surface area contributed by atoms with Crippen molar-refractivity contribution >= 4 is 31.9 Å². The molecule has 0 fully saturated rings. The van der Waals surface area contributed by atoms with E-state index in [1.807, 2.05) is 0 Å². The van der Waals surface area contributed by atoms with Gasteiger partial charge in [-0.1, -0.05) is 0 Å². The Labute approximate surface area is 122 Å². The first kappa shape index (κ1) is 14.7. The van der Waals surface area contributed by atoms with Crippen LogP contribution in [0.5, 0.6) is 6.01 Å². The summed E-state index contributed by atoms with van der Waals surface area (Å²) >= 11 is 3.00. The smallest absolute Gasteiger partial charge is 0.337 e. The van der Waals surface area contributed by atoms with Gasteiger partial charge in [-0.2, -0.15) is 4.98 Å². The van der Waals surface area contributed by atoms with Crippen molar-refractivity contribution in [2.75, 3.05) is 11.3 Å². The van der Waals surface area contributed by atoms with Crippen LogP contribution >= 0.6 is 15.9 Å². The number of anilines is 1. The standard InChI is InChI=1S/C10H10BrFN4O3S/c1-2-19-10-13-9(14-15-10)16-20(17,18)8-4-3-6(12)5-7(8)11/h3-5H,2H2,1H3,(H2,13,14,15,16). The highest BCUT2D eigenvalue weighted by atomic mass is 79.9. The third-order valence-corrected chi connectivity index (χ3v) is 4.47. The maximum absolute atomic E-state index is 13.0. The van der Waals surface area contributed by atoms with Gasteiger partial charge in [-0.05, 0) is 41.1 Å². The summed E-state index contributed by atoms with van der Waals surface area (Å²) in [6.07, 6.45) is 0. The topological polar surface area (TPSA) is 97.0 Å². The first-order chi connectivity index (χ1) is 9.42. The summed E-state index contributed by atoms with van der Waals surface area (Å²) < 4.78 is 44.5. The van der Waals surface area contributed by atoms with Gasteiger partial charge in [0.15, 0.2) is 0 Å². The maximum atomic E-state index is 13.0. The molecule has 0 amide bonds. The average molecular weight is 365 g/mol. The first-order valence-electron chi connectivity index (χ1n) is 5.45. The van der Waals surface area contributed by atoms with Crippen molar-refractivity contribution in [2.45, 2.75) is 11.8 Å². The Bertz CT molecular complexity index is 719. The lowest BCUT2D eigenvalue weighted by Crippen LogP contribution is -2.14. The summed E-state index contributed by atoms with van der Waals surface area (Å²) in [5.74, 6) is -0.640. The van der Waals surface area contributed by atoms with Gasteiger partial charge in [0.25, 0.3) is 10.0 Å². The fourth-order valence-corrected chi connectivity index (χ4v) is 3.37. The van der Waals surface area contributed by atoms with E-state index in [0.717, 1.165) is 18.2 Å². The van der Waals surface area contributed by atoms with Crippen molar-refractivity contribution in [3.8, 4) is 6.01 Å². The highest BCUT2D eigenvalue weighted by Gasteiger charge is 2.20. The predicted molar refractivity (Wildman–Crippen MR) is 72.5 cm³/mol. The molecule has 0 saturated carbocycles. The maximum Gasteiger partial charge on any atom is 0.337 e. The lowest BCUT2D eigenvalue weighted by molar-refractivity contribution is 0.314. The van der Waals surface area contributed by atoms with Gasteiger partial charge in [0.05, 0.1) is 6.61 Å². The van der Waals surface area contributed by atoms with Gasteiger partial charge in [-0.3, -0.25) is 0 Å². The number of ether oxygens (including phenoxy) is 1. The molecule has 2 aromatic rings. The summed E-state index contributed by atoms with van der Waals surface area (Å²) in [4.78, 5) is 3.67. The number of benzene rings is 1. The molecule has 10 heteroatoms. The van der Waals surface area contributed by atoms with Gasteiger partial charge < -0.3 is 4.74 Å². The summed E-state index contributed by atoms with van der Waals surface area (Å²) in [5, 5.41) is 6.04. The zero-order valence-corrected chi connectivity index (χ0v) is 12.6. The molecule has 0 bridgehead atoms. The molecule has 0 aliphatic rings. The van der Waals surface area contributed by atoms with Gasteiger partial charge in [0.2, 0.25) is 5.95 Å². The molecular formula is C10H10BrFN4O3S. The van der Waals surface area contributed by atoms with Crippen molar-refractivity contribution in [2.24, 2.45) is 0 Å². The normalized spacial score (nSPS) is 11.3. The Morgan fingerprint density at radius 3 is 2.90 bits per heavy atom. The van der Waals surface area contributed by atoms with Crippen molar-refractivity contribution in [1.29, 1.82) is 0 Å². The summed E-state index contributed by atoms with van der Waals surface area (Å²) in [7, 11) is -3.92. The number of H-pyrrole nitrogens is 1. The molecule has 0 saturated heterocycles. The van der Waals surface area contributed by atoms with Gasteiger partial charge in [-0.15, -0.1) is 5.10 Å². The van der Waals surface area contributed by atoms with Crippen molar-refractivity contribution < 1.29 is 17.5 Å². The van der Waals surface area contributed by atoms with Crippen LogP contribution in [0.4, 0.5) is 10.3 Å². The molecule has 0 atom stereocenters. The predicted octanol–water partition coefficient (Wildman–Crippen LogP) is 1.91. The summed E-state index contributed by atoms with van der Waals surface area (Å²) in [6.45, 7) is 2.10. The highest BCUT2D eigenvalue weighted by molar-refractivity contribution is 9.10.